The molecular formula is C18H20ClN3O3S. The number of sulfonamides is 1. The van der Waals surface area contributed by atoms with E-state index < -0.39 is 10.0 Å². The molecule has 0 aromatic heterocycles. The molecule has 8 heteroatoms. The number of fused-ring (bicyclic) bond motifs is 1. The van der Waals surface area contributed by atoms with Crippen LogP contribution < -0.4 is 5.32 Å². The molecule has 0 saturated heterocycles. The summed E-state index contributed by atoms with van der Waals surface area (Å²) in [7, 11) is -3.40. The van der Waals surface area contributed by atoms with Gasteiger partial charge >= 0.3 is 0 Å². The highest BCUT2D eigenvalue weighted by Gasteiger charge is 2.26. The zero-order valence-electron chi connectivity index (χ0n) is 14.6. The number of amidine groups is 1. The van der Waals surface area contributed by atoms with Crippen molar-refractivity contribution < 1.29 is 13.2 Å². The lowest BCUT2D eigenvalue weighted by atomic mass is 9.84. The predicted molar refractivity (Wildman–Crippen MR) is 103 cm³/mol. The van der Waals surface area contributed by atoms with Gasteiger partial charge in [-0.05, 0) is 29.8 Å². The average molecular weight is 394 g/mol. The number of amides is 1. The SMILES string of the molecule is CC(C)(CNC(=O)C1=CN2CCS(=O)(=O)N=C2C=C1)c1ccc(Cl)cc1. The number of hydrogen-bond donors (Lipinski definition) is 1. The van der Waals surface area contributed by atoms with Crippen LogP contribution in [0.1, 0.15) is 19.4 Å². The third-order valence-electron chi connectivity index (χ3n) is 4.40. The Kier molecular flexibility index (Phi) is 4.94. The summed E-state index contributed by atoms with van der Waals surface area (Å²) in [6.07, 6.45) is 4.77. The van der Waals surface area contributed by atoms with Gasteiger partial charge < -0.3 is 10.2 Å². The van der Waals surface area contributed by atoms with Crippen LogP contribution >= 0.6 is 11.6 Å². The summed E-state index contributed by atoms with van der Waals surface area (Å²) in [4.78, 5) is 14.2. The second kappa shape index (κ2) is 6.89. The number of carbonyl (C=O) groups excluding carboxylic acids is 1. The fraction of sp³-hybridized carbons (Fsp3) is 0.333. The number of carbonyl (C=O) groups is 1. The Morgan fingerprint density at radius 1 is 1.27 bits per heavy atom. The van der Waals surface area contributed by atoms with Crippen LogP contribution in [0.4, 0.5) is 0 Å². The van der Waals surface area contributed by atoms with Crippen molar-refractivity contribution in [2.45, 2.75) is 19.3 Å². The fourth-order valence-corrected chi connectivity index (χ4v) is 3.84. The molecular weight excluding hydrogens is 374 g/mol. The fourth-order valence-electron chi connectivity index (χ4n) is 2.74. The molecule has 6 nitrogen and oxygen atoms in total. The molecule has 1 N–H and O–H groups in total. The van der Waals surface area contributed by atoms with Crippen LogP contribution in [-0.2, 0) is 20.2 Å². The molecule has 26 heavy (non-hydrogen) atoms. The van der Waals surface area contributed by atoms with Crippen molar-refractivity contribution in [3.8, 4) is 0 Å². The second-order valence-corrected chi connectivity index (χ2v) is 9.11. The summed E-state index contributed by atoms with van der Waals surface area (Å²) in [5.74, 6) is 0.0735. The van der Waals surface area contributed by atoms with Crippen LogP contribution in [0.15, 0.2) is 52.6 Å². The minimum absolute atomic E-state index is 0.0562. The van der Waals surface area contributed by atoms with Crippen LogP contribution in [0.3, 0.4) is 0 Å². The summed E-state index contributed by atoms with van der Waals surface area (Å²) in [5.41, 5.74) is 1.28. The van der Waals surface area contributed by atoms with E-state index in [0.717, 1.165) is 5.56 Å². The standard InChI is InChI=1S/C18H20ClN3O3S/c1-18(2,14-4-6-15(19)7-5-14)12-20-17(23)13-3-8-16-21-26(24,25)10-9-22(16)11-13/h3-8,11H,9-10,12H2,1-2H3,(H,20,23). The van der Waals surface area contributed by atoms with Crippen LogP contribution in [0.2, 0.25) is 5.02 Å². The minimum atomic E-state index is -3.40. The maximum Gasteiger partial charge on any atom is 0.256 e. The molecule has 138 valence electrons. The maximum atomic E-state index is 12.5. The molecule has 1 aromatic carbocycles. The number of rotatable bonds is 4. The number of nitrogens with zero attached hydrogens (tertiary/aromatic N) is 2. The van der Waals surface area contributed by atoms with Crippen molar-refractivity contribution in [1.82, 2.24) is 10.2 Å². The van der Waals surface area contributed by atoms with Gasteiger partial charge in [0.2, 0.25) is 0 Å². The molecule has 2 heterocycles. The minimum Gasteiger partial charge on any atom is -0.351 e. The smallest absolute Gasteiger partial charge is 0.256 e. The first-order chi connectivity index (χ1) is 12.2. The summed E-state index contributed by atoms with van der Waals surface area (Å²) in [6, 6.07) is 7.56. The second-order valence-electron chi connectivity index (χ2n) is 6.92. The maximum absolute atomic E-state index is 12.5. The topological polar surface area (TPSA) is 78.8 Å². The molecule has 0 radical (unpaired) electrons. The van der Waals surface area contributed by atoms with Crippen molar-refractivity contribution in [3.05, 3.63) is 58.8 Å². The largest absolute Gasteiger partial charge is 0.351 e. The molecule has 1 aromatic rings. The van der Waals surface area contributed by atoms with E-state index in [9.17, 15) is 13.2 Å². The van der Waals surface area contributed by atoms with Gasteiger partial charge in [0.25, 0.3) is 15.9 Å². The Labute approximate surface area is 158 Å². The van der Waals surface area contributed by atoms with E-state index in [1.54, 1.807) is 23.3 Å². The Morgan fingerprint density at radius 2 is 1.96 bits per heavy atom. The highest BCUT2D eigenvalue weighted by atomic mass is 35.5. The van der Waals surface area contributed by atoms with Crippen molar-refractivity contribution in [2.75, 3.05) is 18.8 Å². The lowest BCUT2D eigenvalue weighted by Crippen LogP contribution is -2.40. The van der Waals surface area contributed by atoms with E-state index >= 15 is 0 Å². The normalized spacial score (nSPS) is 18.7. The van der Waals surface area contributed by atoms with Gasteiger partial charge in [-0.3, -0.25) is 4.79 Å². The van der Waals surface area contributed by atoms with Gasteiger partial charge in [0, 0.05) is 29.7 Å². The summed E-state index contributed by atoms with van der Waals surface area (Å²) in [6.45, 7) is 4.83. The van der Waals surface area contributed by atoms with Gasteiger partial charge in [0.15, 0.2) is 0 Å². The van der Waals surface area contributed by atoms with E-state index in [0.29, 0.717) is 29.5 Å². The van der Waals surface area contributed by atoms with Crippen LogP contribution in [0.5, 0.6) is 0 Å². The number of hydrogen-bond acceptors (Lipinski definition) is 4. The monoisotopic (exact) mass is 393 g/mol. The molecule has 0 aliphatic carbocycles. The summed E-state index contributed by atoms with van der Waals surface area (Å²) >= 11 is 5.93. The van der Waals surface area contributed by atoms with Gasteiger partial charge in [-0.25, -0.2) is 8.42 Å². The molecule has 0 bridgehead atoms. The van der Waals surface area contributed by atoms with E-state index in [2.05, 4.69) is 9.71 Å². The zero-order chi connectivity index (χ0) is 18.9. The molecule has 0 atom stereocenters. The van der Waals surface area contributed by atoms with Crippen molar-refractivity contribution in [3.63, 3.8) is 0 Å². The number of benzene rings is 1. The zero-order valence-corrected chi connectivity index (χ0v) is 16.1. The van der Waals surface area contributed by atoms with Crippen LogP contribution in [-0.4, -0.2) is 43.9 Å². The third-order valence-corrected chi connectivity index (χ3v) is 5.82. The van der Waals surface area contributed by atoms with E-state index in [1.807, 2.05) is 38.1 Å². The molecule has 0 spiro atoms. The average Bonchev–Trinajstić information content (AvgIpc) is 2.59. The highest BCUT2D eigenvalue weighted by molar-refractivity contribution is 7.90. The highest BCUT2D eigenvalue weighted by Crippen LogP contribution is 2.24. The number of nitrogens with one attached hydrogen (secondary N) is 1. The van der Waals surface area contributed by atoms with E-state index in [4.69, 9.17) is 11.6 Å². The van der Waals surface area contributed by atoms with Gasteiger partial charge in [-0.1, -0.05) is 37.6 Å². The van der Waals surface area contributed by atoms with E-state index in [-0.39, 0.29) is 17.1 Å². The Balaban J connectivity index is 1.67. The molecule has 2 aliphatic heterocycles. The molecule has 0 unspecified atom stereocenters. The van der Waals surface area contributed by atoms with Crippen molar-refractivity contribution >= 4 is 33.4 Å². The van der Waals surface area contributed by atoms with Gasteiger partial charge in [0.1, 0.15) is 5.84 Å². The predicted octanol–water partition coefficient (Wildman–Crippen LogP) is 2.23. The molecule has 2 aliphatic rings. The van der Waals surface area contributed by atoms with Gasteiger partial charge in [-0.2, -0.15) is 0 Å². The van der Waals surface area contributed by atoms with Crippen LogP contribution in [0.25, 0.3) is 0 Å². The number of halogens is 1. The van der Waals surface area contributed by atoms with Crippen molar-refractivity contribution in [1.29, 1.82) is 0 Å². The van der Waals surface area contributed by atoms with Crippen molar-refractivity contribution in [2.24, 2.45) is 4.40 Å². The quantitative estimate of drug-likeness (QED) is 0.850. The van der Waals surface area contributed by atoms with Crippen LogP contribution in [0, 0.1) is 0 Å². The Bertz CT molecular complexity index is 916. The summed E-state index contributed by atoms with van der Waals surface area (Å²) in [5, 5.41) is 3.61. The first-order valence-electron chi connectivity index (χ1n) is 8.20. The molecule has 0 saturated carbocycles. The first kappa shape index (κ1) is 18.7. The molecule has 0 fully saturated rings. The Morgan fingerprint density at radius 3 is 2.65 bits per heavy atom. The lowest BCUT2D eigenvalue weighted by molar-refractivity contribution is -0.117. The Hall–Kier alpha value is -2.12. The lowest BCUT2D eigenvalue weighted by Gasteiger charge is -2.28. The third kappa shape index (κ3) is 4.16. The summed E-state index contributed by atoms with van der Waals surface area (Å²) < 4.78 is 26.8. The molecule has 3 rings (SSSR count). The van der Waals surface area contributed by atoms with Gasteiger partial charge in [0.05, 0.1) is 11.3 Å². The van der Waals surface area contributed by atoms with E-state index in [1.165, 1.54) is 0 Å². The first-order valence-corrected chi connectivity index (χ1v) is 10.2. The molecule has 1 amide bonds. The van der Waals surface area contributed by atoms with Gasteiger partial charge in [-0.15, -0.1) is 4.40 Å².